The van der Waals surface area contributed by atoms with Gasteiger partial charge in [0.15, 0.2) is 0 Å². The van der Waals surface area contributed by atoms with Crippen LogP contribution in [0.3, 0.4) is 0 Å². The zero-order chi connectivity index (χ0) is 9.68. The molecular weight excluding hydrogens is 162 g/mol. The Balaban J connectivity index is 2.12. The third-order valence-corrected chi connectivity index (χ3v) is 3.24. The van der Waals surface area contributed by atoms with Gasteiger partial charge in [-0.1, -0.05) is 12.8 Å². The first kappa shape index (κ1) is 11.0. The highest BCUT2D eigenvalue weighted by Crippen LogP contribution is 2.27. The Labute approximate surface area is 82.0 Å². The molecule has 1 aliphatic rings. The molecule has 0 aromatic heterocycles. The average Bonchev–Trinajstić information content (AvgIpc) is 2.66. The van der Waals surface area contributed by atoms with Gasteiger partial charge in [-0.05, 0) is 32.6 Å². The molecule has 0 aromatic rings. The lowest BCUT2D eigenvalue weighted by Crippen LogP contribution is -2.37. The van der Waals surface area contributed by atoms with Gasteiger partial charge in [0.1, 0.15) is 0 Å². The third kappa shape index (κ3) is 3.65. The molecule has 78 valence electrons. The molecule has 0 aromatic carbocycles. The van der Waals surface area contributed by atoms with E-state index in [9.17, 15) is 0 Å². The molecule has 1 fully saturated rings. The molecule has 0 aliphatic heterocycles. The minimum Gasteiger partial charge on any atom is -0.380 e. The topological polar surface area (TPSA) is 21.3 Å². The van der Waals surface area contributed by atoms with Crippen molar-refractivity contribution in [2.75, 3.05) is 13.7 Å². The fourth-order valence-electron chi connectivity index (χ4n) is 2.06. The minimum atomic E-state index is 0.337. The first-order valence-electron chi connectivity index (χ1n) is 5.50. The molecule has 0 amide bonds. The zero-order valence-corrected chi connectivity index (χ0v) is 9.18. The van der Waals surface area contributed by atoms with Crippen molar-refractivity contribution in [3.8, 4) is 0 Å². The van der Waals surface area contributed by atoms with Gasteiger partial charge in [-0.15, -0.1) is 0 Å². The Bertz CT molecular complexity index is 132. The Morgan fingerprint density at radius 3 is 2.46 bits per heavy atom. The van der Waals surface area contributed by atoms with Crippen LogP contribution in [-0.2, 0) is 4.74 Å². The van der Waals surface area contributed by atoms with Crippen molar-refractivity contribution >= 4 is 0 Å². The van der Waals surface area contributed by atoms with Crippen LogP contribution in [0.1, 0.15) is 39.5 Å². The molecule has 1 unspecified atom stereocenters. The van der Waals surface area contributed by atoms with Crippen LogP contribution in [0.5, 0.6) is 0 Å². The molecule has 1 aliphatic carbocycles. The highest BCUT2D eigenvalue weighted by molar-refractivity contribution is 4.77. The maximum absolute atomic E-state index is 5.20. The molecular formula is C11H23NO. The van der Waals surface area contributed by atoms with Gasteiger partial charge in [0.2, 0.25) is 0 Å². The number of hydrogen-bond donors (Lipinski definition) is 1. The molecule has 0 radical (unpaired) electrons. The summed E-state index contributed by atoms with van der Waals surface area (Å²) in [6.45, 7) is 5.39. The van der Waals surface area contributed by atoms with Crippen LogP contribution in [0.25, 0.3) is 0 Å². The van der Waals surface area contributed by atoms with Crippen LogP contribution < -0.4 is 5.32 Å². The molecule has 2 atom stereocenters. The molecule has 1 saturated carbocycles. The van der Waals surface area contributed by atoms with E-state index >= 15 is 0 Å². The van der Waals surface area contributed by atoms with E-state index in [0.717, 1.165) is 12.5 Å². The molecule has 0 heterocycles. The highest BCUT2D eigenvalue weighted by atomic mass is 16.5. The van der Waals surface area contributed by atoms with Crippen molar-refractivity contribution in [2.24, 2.45) is 5.92 Å². The SMILES string of the molecule is COC(C)CN[C@@H](C)C1CCCC1. The van der Waals surface area contributed by atoms with Gasteiger partial charge in [-0.25, -0.2) is 0 Å². The summed E-state index contributed by atoms with van der Waals surface area (Å²) >= 11 is 0. The summed E-state index contributed by atoms with van der Waals surface area (Å²) < 4.78 is 5.20. The highest BCUT2D eigenvalue weighted by Gasteiger charge is 2.21. The van der Waals surface area contributed by atoms with Crippen LogP contribution in [-0.4, -0.2) is 25.8 Å². The Hall–Kier alpha value is -0.0800. The first-order valence-corrected chi connectivity index (χ1v) is 5.50. The summed E-state index contributed by atoms with van der Waals surface area (Å²) in [5, 5.41) is 3.55. The Kier molecular flexibility index (Phi) is 4.74. The third-order valence-electron chi connectivity index (χ3n) is 3.24. The largest absolute Gasteiger partial charge is 0.380 e. The normalized spacial score (nSPS) is 23.3. The maximum atomic E-state index is 5.20. The van der Waals surface area contributed by atoms with E-state index in [1.54, 1.807) is 7.11 Å². The van der Waals surface area contributed by atoms with Gasteiger partial charge in [0.25, 0.3) is 0 Å². The maximum Gasteiger partial charge on any atom is 0.0667 e. The predicted octanol–water partition coefficient (Wildman–Crippen LogP) is 2.19. The van der Waals surface area contributed by atoms with Crippen LogP contribution in [0.15, 0.2) is 0 Å². The van der Waals surface area contributed by atoms with Crippen molar-refractivity contribution in [1.82, 2.24) is 5.32 Å². The van der Waals surface area contributed by atoms with Gasteiger partial charge in [-0.2, -0.15) is 0 Å². The van der Waals surface area contributed by atoms with E-state index in [2.05, 4.69) is 19.2 Å². The van der Waals surface area contributed by atoms with Crippen molar-refractivity contribution in [3.63, 3.8) is 0 Å². The van der Waals surface area contributed by atoms with E-state index in [4.69, 9.17) is 4.74 Å². The number of rotatable bonds is 5. The monoisotopic (exact) mass is 185 g/mol. The van der Waals surface area contributed by atoms with Crippen LogP contribution in [0, 0.1) is 5.92 Å². The molecule has 0 spiro atoms. The Morgan fingerprint density at radius 1 is 1.31 bits per heavy atom. The summed E-state index contributed by atoms with van der Waals surface area (Å²) in [7, 11) is 1.77. The van der Waals surface area contributed by atoms with Crippen LogP contribution >= 0.6 is 0 Å². The first-order chi connectivity index (χ1) is 6.24. The molecule has 1 rings (SSSR count). The summed E-state index contributed by atoms with van der Waals surface area (Å²) in [5.41, 5.74) is 0. The van der Waals surface area contributed by atoms with Crippen molar-refractivity contribution in [3.05, 3.63) is 0 Å². The van der Waals surface area contributed by atoms with Crippen molar-refractivity contribution in [2.45, 2.75) is 51.7 Å². The zero-order valence-electron chi connectivity index (χ0n) is 9.18. The lowest BCUT2D eigenvalue weighted by atomic mass is 10.00. The quantitative estimate of drug-likeness (QED) is 0.709. The van der Waals surface area contributed by atoms with Gasteiger partial charge in [0.05, 0.1) is 6.10 Å². The summed E-state index contributed by atoms with van der Waals surface area (Å²) in [4.78, 5) is 0. The number of hydrogen-bond acceptors (Lipinski definition) is 2. The van der Waals surface area contributed by atoms with Crippen molar-refractivity contribution < 1.29 is 4.74 Å². The van der Waals surface area contributed by atoms with Gasteiger partial charge in [0, 0.05) is 19.7 Å². The van der Waals surface area contributed by atoms with Gasteiger partial charge < -0.3 is 10.1 Å². The molecule has 2 nitrogen and oxygen atoms in total. The lowest BCUT2D eigenvalue weighted by molar-refractivity contribution is 0.112. The van der Waals surface area contributed by atoms with E-state index in [1.807, 2.05) is 0 Å². The minimum absolute atomic E-state index is 0.337. The second-order valence-electron chi connectivity index (χ2n) is 4.29. The standard InChI is InChI=1S/C11H23NO/c1-9(13-3)8-12-10(2)11-6-4-5-7-11/h9-12H,4-8H2,1-3H3/t9?,10-/m0/s1. The summed E-state index contributed by atoms with van der Waals surface area (Å²) in [6.07, 6.45) is 6.02. The molecule has 13 heavy (non-hydrogen) atoms. The summed E-state index contributed by atoms with van der Waals surface area (Å²) in [5.74, 6) is 0.907. The smallest absolute Gasteiger partial charge is 0.0667 e. The van der Waals surface area contributed by atoms with E-state index in [1.165, 1.54) is 25.7 Å². The lowest BCUT2D eigenvalue weighted by Gasteiger charge is -2.22. The van der Waals surface area contributed by atoms with Crippen LogP contribution in [0.2, 0.25) is 0 Å². The molecule has 0 saturated heterocycles. The van der Waals surface area contributed by atoms with E-state index < -0.39 is 0 Å². The molecule has 0 bridgehead atoms. The molecule has 2 heteroatoms. The number of ether oxygens (including phenoxy) is 1. The predicted molar refractivity (Wildman–Crippen MR) is 55.9 cm³/mol. The number of methoxy groups -OCH3 is 1. The van der Waals surface area contributed by atoms with Gasteiger partial charge >= 0.3 is 0 Å². The fourth-order valence-corrected chi connectivity index (χ4v) is 2.06. The Morgan fingerprint density at radius 2 is 1.92 bits per heavy atom. The van der Waals surface area contributed by atoms with Gasteiger partial charge in [-0.3, -0.25) is 0 Å². The van der Waals surface area contributed by atoms with E-state index in [0.29, 0.717) is 12.1 Å². The van der Waals surface area contributed by atoms with Crippen molar-refractivity contribution in [1.29, 1.82) is 0 Å². The molecule has 1 N–H and O–H groups in total. The second-order valence-corrected chi connectivity index (χ2v) is 4.29. The summed E-state index contributed by atoms with van der Waals surface area (Å²) in [6, 6.07) is 0.667. The average molecular weight is 185 g/mol. The van der Waals surface area contributed by atoms with Crippen LogP contribution in [0.4, 0.5) is 0 Å². The van der Waals surface area contributed by atoms with E-state index in [-0.39, 0.29) is 0 Å². The number of nitrogens with one attached hydrogen (secondary N) is 1. The second kappa shape index (κ2) is 5.61. The fraction of sp³-hybridized carbons (Fsp3) is 1.00.